The van der Waals surface area contributed by atoms with Crippen molar-refractivity contribution >= 4 is 0 Å². The summed E-state index contributed by atoms with van der Waals surface area (Å²) >= 11 is 0. The molecule has 1 unspecified atom stereocenters. The quantitative estimate of drug-likeness (QED) is 0.389. The zero-order valence-corrected chi connectivity index (χ0v) is 9.40. The number of rotatable bonds is 3. The van der Waals surface area contributed by atoms with Crippen molar-refractivity contribution in [1.29, 1.82) is 0 Å². The van der Waals surface area contributed by atoms with Crippen molar-refractivity contribution in [3.8, 4) is 0 Å². The van der Waals surface area contributed by atoms with Crippen molar-refractivity contribution in [2.24, 2.45) is 16.4 Å². The van der Waals surface area contributed by atoms with Crippen LogP contribution < -0.4 is 0 Å². The minimum Gasteiger partial charge on any atom is -0.303 e. The van der Waals surface area contributed by atoms with Gasteiger partial charge in [-0.2, -0.15) is 0 Å². The first-order valence-electron chi connectivity index (χ1n) is 5.27. The molecule has 4 nitrogen and oxygen atoms in total. The average molecular weight is 196 g/mol. The van der Waals surface area contributed by atoms with E-state index >= 15 is 0 Å². The number of hydrogen-bond acceptors (Lipinski definition) is 2. The lowest BCUT2D eigenvalue weighted by molar-refractivity contribution is 0.231. The lowest BCUT2D eigenvalue weighted by Gasteiger charge is -2.26. The highest BCUT2D eigenvalue weighted by Gasteiger charge is 2.31. The Kier molecular flexibility index (Phi) is 3.78. The van der Waals surface area contributed by atoms with E-state index < -0.39 is 0 Å². The van der Waals surface area contributed by atoms with E-state index in [9.17, 15) is 0 Å². The Labute approximate surface area is 85.9 Å². The van der Waals surface area contributed by atoms with Gasteiger partial charge in [0.15, 0.2) is 0 Å². The fourth-order valence-electron chi connectivity index (χ4n) is 1.97. The number of hydrogen-bond donors (Lipinski definition) is 0. The van der Waals surface area contributed by atoms with Gasteiger partial charge in [0.2, 0.25) is 0 Å². The van der Waals surface area contributed by atoms with Crippen LogP contribution in [0.1, 0.15) is 27.2 Å². The molecule has 4 heteroatoms. The third-order valence-electron chi connectivity index (χ3n) is 3.08. The van der Waals surface area contributed by atoms with E-state index in [1.807, 2.05) is 0 Å². The molecule has 1 aliphatic rings. The van der Waals surface area contributed by atoms with Crippen LogP contribution in [0.4, 0.5) is 0 Å². The zero-order valence-electron chi connectivity index (χ0n) is 9.40. The summed E-state index contributed by atoms with van der Waals surface area (Å²) in [5, 5.41) is 3.56. The van der Waals surface area contributed by atoms with E-state index in [4.69, 9.17) is 5.53 Å². The van der Waals surface area contributed by atoms with E-state index in [2.05, 4.69) is 35.7 Å². The standard InChI is InChI=1S/C10H20N4/c1-10(2,3)9-4-6-14(8-9)7-5-12-13-11/h9H,4-8H2,1-3H3. The molecule has 0 aliphatic carbocycles. The SMILES string of the molecule is CC(C)(C)C1CCN(CCN=[N+]=[N-])C1. The van der Waals surface area contributed by atoms with Gasteiger partial charge in [0.05, 0.1) is 0 Å². The molecule has 0 bridgehead atoms. The lowest BCUT2D eigenvalue weighted by Crippen LogP contribution is -2.27. The van der Waals surface area contributed by atoms with Crippen LogP contribution >= 0.6 is 0 Å². The van der Waals surface area contributed by atoms with Gasteiger partial charge in [-0.3, -0.25) is 0 Å². The summed E-state index contributed by atoms with van der Waals surface area (Å²) in [6.45, 7) is 10.7. The summed E-state index contributed by atoms with van der Waals surface area (Å²) in [5.41, 5.74) is 8.57. The summed E-state index contributed by atoms with van der Waals surface area (Å²) in [5.74, 6) is 0.786. The van der Waals surface area contributed by atoms with Crippen molar-refractivity contribution < 1.29 is 0 Å². The van der Waals surface area contributed by atoms with Gasteiger partial charge >= 0.3 is 0 Å². The zero-order chi connectivity index (χ0) is 10.6. The topological polar surface area (TPSA) is 52.0 Å². The summed E-state index contributed by atoms with van der Waals surface area (Å²) < 4.78 is 0. The molecule has 14 heavy (non-hydrogen) atoms. The van der Waals surface area contributed by atoms with Crippen molar-refractivity contribution in [3.05, 3.63) is 10.4 Å². The minimum absolute atomic E-state index is 0.410. The van der Waals surface area contributed by atoms with E-state index in [0.717, 1.165) is 25.6 Å². The van der Waals surface area contributed by atoms with Crippen LogP contribution in [-0.4, -0.2) is 31.1 Å². The second-order valence-corrected chi connectivity index (χ2v) is 5.11. The highest BCUT2D eigenvalue weighted by atomic mass is 15.2. The normalized spacial score (nSPS) is 23.5. The highest BCUT2D eigenvalue weighted by molar-refractivity contribution is 4.83. The molecule has 0 amide bonds. The molecule has 1 aliphatic heterocycles. The van der Waals surface area contributed by atoms with Gasteiger partial charge in [0.25, 0.3) is 0 Å². The van der Waals surface area contributed by atoms with Gasteiger partial charge in [0, 0.05) is 24.5 Å². The molecule has 0 saturated carbocycles. The first-order valence-corrected chi connectivity index (χ1v) is 5.27. The van der Waals surface area contributed by atoms with Crippen LogP contribution in [0.15, 0.2) is 5.11 Å². The molecule has 1 atom stereocenters. The average Bonchev–Trinajstić information content (AvgIpc) is 2.52. The fourth-order valence-corrected chi connectivity index (χ4v) is 1.97. The largest absolute Gasteiger partial charge is 0.303 e. The molecule has 0 spiro atoms. The Bertz CT molecular complexity index is 225. The van der Waals surface area contributed by atoms with E-state index in [-0.39, 0.29) is 0 Å². The summed E-state index contributed by atoms with van der Waals surface area (Å²) in [4.78, 5) is 5.16. The molecule has 0 N–H and O–H groups in total. The highest BCUT2D eigenvalue weighted by Crippen LogP contribution is 2.33. The summed E-state index contributed by atoms with van der Waals surface area (Å²) in [6, 6.07) is 0. The lowest BCUT2D eigenvalue weighted by atomic mass is 9.80. The number of nitrogens with zero attached hydrogens (tertiary/aromatic N) is 4. The molecule has 1 saturated heterocycles. The third-order valence-corrected chi connectivity index (χ3v) is 3.08. The summed E-state index contributed by atoms with van der Waals surface area (Å²) in [7, 11) is 0. The molecule has 0 aromatic rings. The Morgan fingerprint density at radius 2 is 2.21 bits per heavy atom. The Morgan fingerprint density at radius 1 is 1.50 bits per heavy atom. The fraction of sp³-hybridized carbons (Fsp3) is 1.00. The second-order valence-electron chi connectivity index (χ2n) is 5.11. The van der Waals surface area contributed by atoms with Gasteiger partial charge < -0.3 is 4.90 Å². The van der Waals surface area contributed by atoms with Gasteiger partial charge in [-0.15, -0.1) is 0 Å². The van der Waals surface area contributed by atoms with Crippen molar-refractivity contribution in [3.63, 3.8) is 0 Å². The van der Waals surface area contributed by atoms with Gasteiger partial charge in [-0.1, -0.05) is 25.9 Å². The first kappa shape index (κ1) is 11.3. The molecule has 1 heterocycles. The van der Waals surface area contributed by atoms with E-state index in [1.54, 1.807) is 0 Å². The predicted octanol–water partition coefficient (Wildman–Crippen LogP) is 2.66. The van der Waals surface area contributed by atoms with Gasteiger partial charge in [-0.25, -0.2) is 0 Å². The third kappa shape index (κ3) is 3.20. The molecule has 0 radical (unpaired) electrons. The van der Waals surface area contributed by atoms with Crippen LogP contribution in [0.5, 0.6) is 0 Å². The molecule has 1 rings (SSSR count). The minimum atomic E-state index is 0.410. The van der Waals surface area contributed by atoms with E-state index in [0.29, 0.717) is 12.0 Å². The van der Waals surface area contributed by atoms with E-state index in [1.165, 1.54) is 6.42 Å². The molecule has 80 valence electrons. The van der Waals surface area contributed by atoms with Crippen LogP contribution in [-0.2, 0) is 0 Å². The van der Waals surface area contributed by atoms with Crippen molar-refractivity contribution in [2.75, 3.05) is 26.2 Å². The summed E-state index contributed by atoms with van der Waals surface area (Å²) in [6.07, 6.45) is 1.28. The van der Waals surface area contributed by atoms with Crippen LogP contribution in [0.2, 0.25) is 0 Å². The maximum absolute atomic E-state index is 8.16. The van der Waals surface area contributed by atoms with Gasteiger partial charge in [-0.05, 0) is 29.8 Å². The number of likely N-dealkylation sites (tertiary alicyclic amines) is 1. The van der Waals surface area contributed by atoms with Crippen LogP contribution in [0.3, 0.4) is 0 Å². The molecular formula is C10H20N4. The smallest absolute Gasteiger partial charge is 0.0385 e. The molecule has 0 aromatic carbocycles. The number of azide groups is 1. The molecular weight excluding hydrogens is 176 g/mol. The Morgan fingerprint density at radius 3 is 2.71 bits per heavy atom. The molecule has 0 aromatic heterocycles. The van der Waals surface area contributed by atoms with Crippen LogP contribution in [0.25, 0.3) is 10.4 Å². The van der Waals surface area contributed by atoms with Crippen molar-refractivity contribution in [1.82, 2.24) is 4.90 Å². The van der Waals surface area contributed by atoms with Crippen molar-refractivity contribution in [2.45, 2.75) is 27.2 Å². The van der Waals surface area contributed by atoms with Gasteiger partial charge in [0.1, 0.15) is 0 Å². The Balaban J connectivity index is 2.30. The maximum Gasteiger partial charge on any atom is 0.0385 e. The first-order chi connectivity index (χ1) is 6.54. The monoisotopic (exact) mass is 196 g/mol. The second kappa shape index (κ2) is 4.67. The predicted molar refractivity (Wildman–Crippen MR) is 58.0 cm³/mol. The maximum atomic E-state index is 8.16. The molecule has 1 fully saturated rings. The Hall–Kier alpha value is -0.730. The van der Waals surface area contributed by atoms with Crippen LogP contribution in [0, 0.1) is 11.3 Å².